The van der Waals surface area contributed by atoms with Crippen LogP contribution in [0.15, 0.2) is 0 Å². The van der Waals surface area contributed by atoms with Crippen LogP contribution in [-0.4, -0.2) is 25.3 Å². The highest BCUT2D eigenvalue weighted by atomic mass is 16.5. The van der Waals surface area contributed by atoms with Crippen LogP contribution in [0.2, 0.25) is 0 Å². The summed E-state index contributed by atoms with van der Waals surface area (Å²) in [6, 6.07) is 1.38. The van der Waals surface area contributed by atoms with E-state index >= 15 is 0 Å². The first-order chi connectivity index (χ1) is 6.83. The van der Waals surface area contributed by atoms with Gasteiger partial charge in [-0.05, 0) is 43.9 Å². The third kappa shape index (κ3) is 1.49. The lowest BCUT2D eigenvalue weighted by Gasteiger charge is -2.35. The van der Waals surface area contributed by atoms with Crippen LogP contribution in [0.25, 0.3) is 0 Å². The first kappa shape index (κ1) is 9.17. The second kappa shape index (κ2) is 3.49. The van der Waals surface area contributed by atoms with Crippen LogP contribution in [0.3, 0.4) is 0 Å². The molecule has 0 radical (unpaired) electrons. The molecule has 2 bridgehead atoms. The van der Waals surface area contributed by atoms with Gasteiger partial charge in [0.25, 0.3) is 0 Å². The van der Waals surface area contributed by atoms with Gasteiger partial charge in [-0.2, -0.15) is 0 Å². The van der Waals surface area contributed by atoms with Gasteiger partial charge in [0.05, 0.1) is 19.3 Å². The van der Waals surface area contributed by atoms with E-state index in [1.807, 2.05) is 0 Å². The SMILES string of the molecule is CC(NC1COC1)C1CC2CCC1C2. The topological polar surface area (TPSA) is 21.3 Å². The van der Waals surface area contributed by atoms with Gasteiger partial charge < -0.3 is 10.1 Å². The van der Waals surface area contributed by atoms with Crippen molar-refractivity contribution in [1.29, 1.82) is 0 Å². The van der Waals surface area contributed by atoms with E-state index in [-0.39, 0.29) is 0 Å². The van der Waals surface area contributed by atoms with Crippen molar-refractivity contribution < 1.29 is 4.74 Å². The van der Waals surface area contributed by atoms with Gasteiger partial charge in [-0.3, -0.25) is 0 Å². The molecule has 2 heteroatoms. The van der Waals surface area contributed by atoms with Crippen LogP contribution in [0.4, 0.5) is 0 Å². The van der Waals surface area contributed by atoms with Gasteiger partial charge in [-0.25, -0.2) is 0 Å². The highest BCUT2D eigenvalue weighted by Gasteiger charge is 2.42. The zero-order valence-corrected chi connectivity index (χ0v) is 9.04. The molecule has 2 aliphatic carbocycles. The number of hydrogen-bond acceptors (Lipinski definition) is 2. The third-order valence-electron chi connectivity index (χ3n) is 4.57. The lowest BCUT2D eigenvalue weighted by molar-refractivity contribution is -0.0137. The van der Waals surface area contributed by atoms with Gasteiger partial charge in [-0.1, -0.05) is 6.42 Å². The fourth-order valence-corrected chi connectivity index (χ4v) is 3.73. The van der Waals surface area contributed by atoms with Crippen molar-refractivity contribution in [3.63, 3.8) is 0 Å². The van der Waals surface area contributed by atoms with E-state index < -0.39 is 0 Å². The van der Waals surface area contributed by atoms with Crippen LogP contribution < -0.4 is 5.32 Å². The van der Waals surface area contributed by atoms with Crippen molar-refractivity contribution in [3.05, 3.63) is 0 Å². The lowest BCUT2D eigenvalue weighted by atomic mass is 9.83. The molecule has 1 N–H and O–H groups in total. The molecule has 3 aliphatic rings. The van der Waals surface area contributed by atoms with E-state index in [1.54, 1.807) is 0 Å². The molecule has 4 atom stereocenters. The Bertz CT molecular complexity index is 214. The van der Waals surface area contributed by atoms with Crippen molar-refractivity contribution in [3.8, 4) is 0 Å². The maximum Gasteiger partial charge on any atom is 0.0643 e. The van der Waals surface area contributed by atoms with Gasteiger partial charge in [0.2, 0.25) is 0 Å². The van der Waals surface area contributed by atoms with Gasteiger partial charge in [-0.15, -0.1) is 0 Å². The Morgan fingerprint density at radius 2 is 2.07 bits per heavy atom. The largest absolute Gasteiger partial charge is 0.378 e. The molecular weight excluding hydrogens is 174 g/mol. The van der Waals surface area contributed by atoms with Crippen LogP contribution in [0, 0.1) is 17.8 Å². The molecule has 0 aromatic heterocycles. The van der Waals surface area contributed by atoms with Crippen LogP contribution in [0.1, 0.15) is 32.6 Å². The Hall–Kier alpha value is -0.0800. The molecule has 0 aromatic rings. The summed E-state index contributed by atoms with van der Waals surface area (Å²) < 4.78 is 5.20. The highest BCUT2D eigenvalue weighted by molar-refractivity contribution is 4.95. The zero-order valence-electron chi connectivity index (χ0n) is 9.04. The molecule has 4 unspecified atom stereocenters. The summed E-state index contributed by atoms with van der Waals surface area (Å²) in [5, 5.41) is 3.72. The van der Waals surface area contributed by atoms with Crippen molar-refractivity contribution in [2.75, 3.05) is 13.2 Å². The summed E-state index contributed by atoms with van der Waals surface area (Å²) in [4.78, 5) is 0. The Kier molecular flexibility index (Phi) is 2.29. The maximum absolute atomic E-state index is 5.20. The zero-order chi connectivity index (χ0) is 9.54. The molecule has 1 aliphatic heterocycles. The molecule has 0 spiro atoms. The Morgan fingerprint density at radius 3 is 2.57 bits per heavy atom. The molecule has 1 saturated heterocycles. The smallest absolute Gasteiger partial charge is 0.0643 e. The predicted molar refractivity (Wildman–Crippen MR) is 56.1 cm³/mol. The summed E-state index contributed by atoms with van der Waals surface area (Å²) in [6.07, 6.45) is 6.03. The normalized spacial score (nSPS) is 43.9. The summed E-state index contributed by atoms with van der Waals surface area (Å²) in [6.45, 7) is 4.25. The summed E-state index contributed by atoms with van der Waals surface area (Å²) in [7, 11) is 0. The molecule has 0 amide bonds. The lowest BCUT2D eigenvalue weighted by Crippen LogP contribution is -2.52. The second-order valence-electron chi connectivity index (χ2n) is 5.53. The first-order valence-corrected chi connectivity index (χ1v) is 6.16. The van der Waals surface area contributed by atoms with Gasteiger partial charge >= 0.3 is 0 Å². The van der Waals surface area contributed by atoms with E-state index in [0.29, 0.717) is 6.04 Å². The standard InChI is InChI=1S/C12H21NO/c1-8(13-11-6-14-7-11)12-5-9-2-3-10(12)4-9/h8-13H,2-7H2,1H3. The van der Waals surface area contributed by atoms with E-state index in [1.165, 1.54) is 25.7 Å². The molecule has 80 valence electrons. The maximum atomic E-state index is 5.20. The van der Waals surface area contributed by atoms with Crippen molar-refractivity contribution in [2.45, 2.75) is 44.7 Å². The molecular formula is C12H21NO. The summed E-state index contributed by atoms with van der Waals surface area (Å²) in [5.74, 6) is 3.09. The van der Waals surface area contributed by atoms with E-state index in [4.69, 9.17) is 4.74 Å². The molecule has 1 heterocycles. The van der Waals surface area contributed by atoms with Crippen LogP contribution >= 0.6 is 0 Å². The first-order valence-electron chi connectivity index (χ1n) is 6.16. The second-order valence-corrected chi connectivity index (χ2v) is 5.53. The van der Waals surface area contributed by atoms with Gasteiger partial charge in [0, 0.05) is 6.04 Å². The van der Waals surface area contributed by atoms with Crippen molar-refractivity contribution in [1.82, 2.24) is 5.32 Å². The average molecular weight is 195 g/mol. The Morgan fingerprint density at radius 1 is 1.21 bits per heavy atom. The van der Waals surface area contributed by atoms with E-state index in [2.05, 4.69) is 12.2 Å². The van der Waals surface area contributed by atoms with E-state index in [0.717, 1.165) is 37.0 Å². The molecule has 3 rings (SSSR count). The minimum Gasteiger partial charge on any atom is -0.378 e. The third-order valence-corrected chi connectivity index (χ3v) is 4.57. The molecule has 2 saturated carbocycles. The number of nitrogens with one attached hydrogen (secondary N) is 1. The highest BCUT2D eigenvalue weighted by Crippen LogP contribution is 2.49. The van der Waals surface area contributed by atoms with Gasteiger partial charge in [0.15, 0.2) is 0 Å². The molecule has 3 fully saturated rings. The Balaban J connectivity index is 1.54. The monoisotopic (exact) mass is 195 g/mol. The van der Waals surface area contributed by atoms with Crippen molar-refractivity contribution in [2.24, 2.45) is 17.8 Å². The van der Waals surface area contributed by atoms with Gasteiger partial charge in [0.1, 0.15) is 0 Å². The minimum absolute atomic E-state index is 0.657. The summed E-state index contributed by atoms with van der Waals surface area (Å²) >= 11 is 0. The predicted octanol–water partition coefficient (Wildman–Crippen LogP) is 1.80. The minimum atomic E-state index is 0.657. The molecule has 14 heavy (non-hydrogen) atoms. The van der Waals surface area contributed by atoms with Crippen molar-refractivity contribution >= 4 is 0 Å². The number of hydrogen-bond donors (Lipinski definition) is 1. The molecule has 0 aromatic carbocycles. The quantitative estimate of drug-likeness (QED) is 0.741. The number of rotatable bonds is 3. The summed E-state index contributed by atoms with van der Waals surface area (Å²) in [5.41, 5.74) is 0. The fraction of sp³-hybridized carbons (Fsp3) is 1.00. The molecule has 2 nitrogen and oxygen atoms in total. The van der Waals surface area contributed by atoms with E-state index in [9.17, 15) is 0 Å². The Labute approximate surface area is 86.4 Å². The van der Waals surface area contributed by atoms with Crippen LogP contribution in [-0.2, 0) is 4.74 Å². The number of ether oxygens (including phenoxy) is 1. The fourth-order valence-electron chi connectivity index (χ4n) is 3.73. The number of fused-ring (bicyclic) bond motifs is 2. The van der Waals surface area contributed by atoms with Crippen LogP contribution in [0.5, 0.6) is 0 Å². The average Bonchev–Trinajstić information content (AvgIpc) is 2.71.